The maximum Gasteiger partial charge on any atom is 0.352 e. The molecule has 5 heterocycles. The van der Waals surface area contributed by atoms with Gasteiger partial charge in [-0.15, -0.1) is 16.9 Å². The van der Waals surface area contributed by atoms with E-state index in [4.69, 9.17) is 5.73 Å². The first-order chi connectivity index (χ1) is 26.0. The summed E-state index contributed by atoms with van der Waals surface area (Å²) in [4.78, 5) is 83.5. The molecule has 6 N–H and O–H groups in total. The Hall–Kier alpha value is -5.79. The van der Waals surface area contributed by atoms with Crippen LogP contribution in [-0.2, 0) is 37.6 Å². The molecule has 3 aliphatic heterocycles. The topological polar surface area (TPSA) is 239 Å². The number of tetrazole rings is 1. The largest absolute Gasteiger partial charge is 0.477 e. The van der Waals surface area contributed by atoms with Gasteiger partial charge in [0, 0.05) is 41.9 Å². The Morgan fingerprint density at radius 3 is 2.50 bits per heavy atom. The van der Waals surface area contributed by atoms with Gasteiger partial charge in [0.1, 0.15) is 29.2 Å². The van der Waals surface area contributed by atoms with Crippen molar-refractivity contribution in [2.75, 3.05) is 16.8 Å². The lowest BCUT2D eigenvalue weighted by Gasteiger charge is -2.53. The lowest BCUT2D eigenvalue weighted by Crippen LogP contribution is -2.71. The number of aliphatic carboxylic acids is 1. The van der Waals surface area contributed by atoms with Crippen LogP contribution in [0, 0.1) is 0 Å². The van der Waals surface area contributed by atoms with Crippen LogP contribution in [0.5, 0.6) is 0 Å². The number of carboxylic acid groups (broad SMARTS) is 1. The van der Waals surface area contributed by atoms with E-state index in [-0.39, 0.29) is 41.1 Å². The van der Waals surface area contributed by atoms with Crippen LogP contribution in [0.4, 0.5) is 5.69 Å². The highest BCUT2D eigenvalue weighted by molar-refractivity contribution is 8.01. The van der Waals surface area contributed by atoms with Crippen LogP contribution in [0.3, 0.4) is 0 Å². The second-order valence-electron chi connectivity index (χ2n) is 12.8. The molecule has 4 aromatic rings. The quantitative estimate of drug-likeness (QED) is 0.101. The van der Waals surface area contributed by atoms with Crippen molar-refractivity contribution in [2.45, 2.75) is 48.0 Å². The molecule has 0 radical (unpaired) electrons. The molecule has 278 valence electrons. The molecule has 4 amide bonds. The van der Waals surface area contributed by atoms with Crippen molar-refractivity contribution in [3.8, 4) is 11.3 Å². The van der Waals surface area contributed by atoms with E-state index in [2.05, 4.69) is 31.1 Å². The number of aryl methyl sites for hydroxylation is 1. The molecular formula is C35H34N10O7S2. The number of carboxylic acids is 1. The fraction of sp³-hybridized carbons (Fsp3) is 0.286. The SMILES string of the molecule is Cn1nnnc1SCC1=C(C(=O)O)N2C(=O)C(N(Cc3ccc(-c4ccc(NC(=O)[C@@H]5CCC(=O)N5)cc4)[nH]c3=O)C(=O)C(N)c3ccccc3)[C@@H]2SC1. The van der Waals surface area contributed by atoms with Crippen molar-refractivity contribution in [2.24, 2.45) is 12.8 Å². The van der Waals surface area contributed by atoms with Crippen LogP contribution in [-0.4, -0.2) is 98.7 Å². The molecule has 7 rings (SSSR count). The fourth-order valence-corrected chi connectivity index (χ4v) is 8.88. The number of nitrogens with zero attached hydrogens (tertiary/aromatic N) is 6. The molecule has 54 heavy (non-hydrogen) atoms. The molecule has 0 spiro atoms. The number of nitrogens with two attached hydrogens (primary N) is 1. The fourth-order valence-electron chi connectivity index (χ4n) is 6.47. The first-order valence-corrected chi connectivity index (χ1v) is 18.8. The molecule has 4 atom stereocenters. The van der Waals surface area contributed by atoms with Crippen LogP contribution >= 0.6 is 23.5 Å². The Bertz CT molecular complexity index is 2230. The smallest absolute Gasteiger partial charge is 0.352 e. The Balaban J connectivity index is 1.12. The van der Waals surface area contributed by atoms with Crippen molar-refractivity contribution >= 4 is 58.8 Å². The number of aromatic amines is 1. The van der Waals surface area contributed by atoms with Gasteiger partial charge in [0.25, 0.3) is 11.5 Å². The summed E-state index contributed by atoms with van der Waals surface area (Å²) >= 11 is 2.56. The molecule has 0 saturated carbocycles. The molecule has 2 aromatic carbocycles. The second kappa shape index (κ2) is 15.3. The standard InChI is InChI=1S/C35H34N10O7S2/c1-43-35(40-41-42-43)54-17-21-16-53-33-28(32(50)45(33)27(21)34(51)52)44(31(49)26(36)19-5-3-2-4-6-19)15-20-9-12-23(39-29(20)47)18-7-10-22(11-8-18)37-30(48)24-13-14-25(46)38-24/h2-12,24,26,28,33H,13-17,36H2,1H3,(H,37,48)(H,38,46)(H,39,47)(H,51,52)/t24-,26?,28?,33-/m0/s1. The number of fused-ring (bicyclic) bond motifs is 1. The van der Waals surface area contributed by atoms with Gasteiger partial charge in [-0.25, -0.2) is 9.48 Å². The lowest BCUT2D eigenvalue weighted by molar-refractivity contribution is -0.161. The lowest BCUT2D eigenvalue weighted by atomic mass is 9.98. The number of aromatic nitrogens is 5. The van der Waals surface area contributed by atoms with Gasteiger partial charge in [-0.05, 0) is 57.8 Å². The van der Waals surface area contributed by atoms with E-state index in [9.17, 15) is 33.9 Å². The number of carbonyl (C=O) groups excluding carboxylic acids is 4. The van der Waals surface area contributed by atoms with Crippen LogP contribution in [0.1, 0.15) is 30.0 Å². The van der Waals surface area contributed by atoms with E-state index in [1.165, 1.54) is 38.0 Å². The normalized spacial score (nSPS) is 19.8. The summed E-state index contributed by atoms with van der Waals surface area (Å²) in [6, 6.07) is 15.8. The molecule has 2 fully saturated rings. The Morgan fingerprint density at radius 1 is 1.09 bits per heavy atom. The summed E-state index contributed by atoms with van der Waals surface area (Å²) in [6.45, 7) is -0.271. The summed E-state index contributed by atoms with van der Waals surface area (Å²) in [5.41, 5.74) is 8.64. The van der Waals surface area contributed by atoms with Crippen LogP contribution < -0.4 is 21.9 Å². The van der Waals surface area contributed by atoms with Gasteiger partial charge < -0.3 is 31.4 Å². The van der Waals surface area contributed by atoms with E-state index < -0.39 is 46.8 Å². The van der Waals surface area contributed by atoms with Gasteiger partial charge in [-0.2, -0.15) is 0 Å². The van der Waals surface area contributed by atoms with Crippen molar-refractivity contribution in [1.29, 1.82) is 0 Å². The van der Waals surface area contributed by atoms with E-state index >= 15 is 0 Å². The van der Waals surface area contributed by atoms with E-state index in [0.29, 0.717) is 46.1 Å². The molecule has 2 saturated heterocycles. The van der Waals surface area contributed by atoms with Gasteiger partial charge in [-0.1, -0.05) is 54.2 Å². The zero-order chi connectivity index (χ0) is 38.1. The maximum atomic E-state index is 14.2. The molecule has 17 nitrogen and oxygen atoms in total. The number of carbonyl (C=O) groups is 5. The van der Waals surface area contributed by atoms with Gasteiger partial charge in [0.15, 0.2) is 0 Å². The first kappa shape index (κ1) is 36.6. The summed E-state index contributed by atoms with van der Waals surface area (Å²) in [7, 11) is 1.66. The number of hydrogen-bond donors (Lipinski definition) is 5. The zero-order valence-electron chi connectivity index (χ0n) is 28.7. The van der Waals surface area contributed by atoms with Gasteiger partial charge in [0.05, 0.1) is 6.54 Å². The average Bonchev–Trinajstić information content (AvgIpc) is 3.81. The number of thioether (sulfide) groups is 2. The minimum Gasteiger partial charge on any atom is -0.477 e. The number of rotatable bonds is 12. The van der Waals surface area contributed by atoms with E-state index in [1.807, 2.05) is 0 Å². The number of amides is 4. The Labute approximate surface area is 315 Å². The Kier molecular flexibility index (Phi) is 10.3. The maximum absolute atomic E-state index is 14.2. The second-order valence-corrected chi connectivity index (χ2v) is 14.8. The number of nitrogens with one attached hydrogen (secondary N) is 3. The number of β-lactam (4-membered cyclic amide) rings is 1. The minimum atomic E-state index is -1.28. The number of H-pyrrole nitrogens is 1. The molecule has 2 unspecified atom stereocenters. The number of pyridine rings is 1. The summed E-state index contributed by atoms with van der Waals surface area (Å²) in [5, 5.41) is 26.7. The van der Waals surface area contributed by atoms with Crippen molar-refractivity contribution in [3.05, 3.63) is 99.5 Å². The third-order valence-electron chi connectivity index (χ3n) is 9.33. The molecule has 0 aliphatic carbocycles. The van der Waals surface area contributed by atoms with E-state index in [1.54, 1.807) is 73.8 Å². The Morgan fingerprint density at radius 2 is 1.85 bits per heavy atom. The van der Waals surface area contributed by atoms with Crippen molar-refractivity contribution in [1.82, 2.24) is 40.3 Å². The van der Waals surface area contributed by atoms with Gasteiger partial charge >= 0.3 is 5.97 Å². The summed E-state index contributed by atoms with van der Waals surface area (Å²) in [6.07, 6.45) is 0.725. The summed E-state index contributed by atoms with van der Waals surface area (Å²) in [5.74, 6) is -2.46. The molecule has 3 aliphatic rings. The average molecular weight is 771 g/mol. The number of anilines is 1. The highest BCUT2D eigenvalue weighted by atomic mass is 32.2. The molecule has 19 heteroatoms. The van der Waals surface area contributed by atoms with Crippen LogP contribution in [0.15, 0.2) is 88.0 Å². The van der Waals surface area contributed by atoms with E-state index in [0.717, 1.165) is 0 Å². The monoisotopic (exact) mass is 770 g/mol. The highest BCUT2D eigenvalue weighted by Gasteiger charge is 2.57. The third kappa shape index (κ3) is 7.24. The van der Waals surface area contributed by atoms with Gasteiger partial charge in [0.2, 0.25) is 22.9 Å². The van der Waals surface area contributed by atoms with Crippen molar-refractivity contribution in [3.63, 3.8) is 0 Å². The zero-order valence-corrected chi connectivity index (χ0v) is 30.3. The van der Waals surface area contributed by atoms with Crippen LogP contribution in [0.25, 0.3) is 11.3 Å². The molecular weight excluding hydrogens is 737 g/mol. The number of benzene rings is 2. The predicted octanol–water partition coefficient (Wildman–Crippen LogP) is 1.23. The molecule has 0 bridgehead atoms. The van der Waals surface area contributed by atoms with Crippen molar-refractivity contribution < 1.29 is 29.1 Å². The minimum absolute atomic E-state index is 0.152. The predicted molar refractivity (Wildman–Crippen MR) is 197 cm³/mol. The van der Waals surface area contributed by atoms with Gasteiger partial charge in [-0.3, -0.25) is 28.9 Å². The highest BCUT2D eigenvalue weighted by Crippen LogP contribution is 2.44. The summed E-state index contributed by atoms with van der Waals surface area (Å²) < 4.78 is 1.46. The third-order valence-corrected chi connectivity index (χ3v) is 11.8. The number of hydrogen-bond acceptors (Lipinski definition) is 12. The first-order valence-electron chi connectivity index (χ1n) is 16.8. The van der Waals surface area contributed by atoms with Crippen LogP contribution in [0.2, 0.25) is 0 Å². The molecule has 2 aromatic heterocycles.